The molecule has 0 saturated heterocycles. The maximum absolute atomic E-state index is 10.8. The van der Waals surface area contributed by atoms with Crippen molar-refractivity contribution in [1.29, 1.82) is 0 Å². The van der Waals surface area contributed by atoms with Gasteiger partial charge in [-0.15, -0.1) is 0 Å². The van der Waals surface area contributed by atoms with E-state index in [1.54, 1.807) is 31.1 Å². The van der Waals surface area contributed by atoms with Crippen LogP contribution in [0.1, 0.15) is 10.4 Å². The molecule has 0 unspecified atom stereocenters. The average molecular weight is 180 g/mol. The molecular formula is C9H12N2O2. The number of primary amides is 1. The molecule has 1 aromatic carbocycles. The number of amides is 1. The summed E-state index contributed by atoms with van der Waals surface area (Å²) in [5.74, 6) is -0.693. The predicted octanol–water partition coefficient (Wildman–Crippen LogP) is 0.557. The van der Waals surface area contributed by atoms with Crippen molar-refractivity contribution in [3.63, 3.8) is 0 Å². The molecule has 4 heteroatoms. The quantitative estimate of drug-likeness (QED) is 0.698. The molecule has 0 heterocycles. The van der Waals surface area contributed by atoms with Gasteiger partial charge in [-0.05, 0) is 12.1 Å². The first-order chi connectivity index (χ1) is 6.04. The lowest BCUT2D eigenvalue weighted by molar-refractivity contribution is 0.0998. The minimum Gasteiger partial charge on any atom is -0.505 e. The highest BCUT2D eigenvalue weighted by Gasteiger charge is 2.11. The van der Waals surface area contributed by atoms with Crippen molar-refractivity contribution < 1.29 is 9.90 Å². The maximum Gasteiger partial charge on any atom is 0.252 e. The van der Waals surface area contributed by atoms with Crippen LogP contribution in [0.15, 0.2) is 18.2 Å². The molecule has 1 rings (SSSR count). The zero-order valence-corrected chi connectivity index (χ0v) is 7.61. The van der Waals surface area contributed by atoms with Gasteiger partial charge < -0.3 is 15.7 Å². The van der Waals surface area contributed by atoms with Gasteiger partial charge in [0.15, 0.2) is 5.75 Å². The number of nitrogens with zero attached hydrogens (tertiary/aromatic N) is 1. The molecule has 0 saturated carbocycles. The molecular weight excluding hydrogens is 168 g/mol. The second-order valence-electron chi connectivity index (χ2n) is 2.93. The van der Waals surface area contributed by atoms with Gasteiger partial charge in [0.1, 0.15) is 0 Å². The summed E-state index contributed by atoms with van der Waals surface area (Å²) in [7, 11) is 3.56. The van der Waals surface area contributed by atoms with Crippen LogP contribution in [0, 0.1) is 0 Å². The Bertz CT molecular complexity index is 334. The van der Waals surface area contributed by atoms with Gasteiger partial charge in [0.05, 0.1) is 11.3 Å². The van der Waals surface area contributed by atoms with E-state index in [1.165, 1.54) is 6.07 Å². The summed E-state index contributed by atoms with van der Waals surface area (Å²) in [6.07, 6.45) is 0. The Labute approximate surface area is 76.6 Å². The van der Waals surface area contributed by atoms with Crippen molar-refractivity contribution in [2.45, 2.75) is 0 Å². The van der Waals surface area contributed by atoms with E-state index in [1.807, 2.05) is 0 Å². The monoisotopic (exact) mass is 180 g/mol. The van der Waals surface area contributed by atoms with Crippen LogP contribution in [0.5, 0.6) is 5.75 Å². The third kappa shape index (κ3) is 1.72. The van der Waals surface area contributed by atoms with Crippen molar-refractivity contribution >= 4 is 11.6 Å². The van der Waals surface area contributed by atoms with Gasteiger partial charge in [-0.2, -0.15) is 0 Å². The maximum atomic E-state index is 10.8. The lowest BCUT2D eigenvalue weighted by atomic mass is 10.1. The van der Waals surface area contributed by atoms with Crippen LogP contribution in [0.2, 0.25) is 0 Å². The fourth-order valence-electron chi connectivity index (χ4n) is 1.09. The largest absolute Gasteiger partial charge is 0.505 e. The molecule has 0 radical (unpaired) electrons. The molecule has 3 N–H and O–H groups in total. The molecule has 0 aliphatic rings. The number of anilines is 1. The Morgan fingerprint density at radius 1 is 1.46 bits per heavy atom. The molecule has 0 fully saturated rings. The van der Waals surface area contributed by atoms with E-state index in [0.29, 0.717) is 5.69 Å². The van der Waals surface area contributed by atoms with Crippen LogP contribution in [0.3, 0.4) is 0 Å². The molecule has 0 spiro atoms. The smallest absolute Gasteiger partial charge is 0.252 e. The highest BCUT2D eigenvalue weighted by atomic mass is 16.3. The molecule has 0 atom stereocenters. The summed E-state index contributed by atoms with van der Waals surface area (Å²) in [5, 5.41) is 9.59. The van der Waals surface area contributed by atoms with E-state index in [0.717, 1.165) is 0 Å². The molecule has 0 aromatic heterocycles. The number of carbonyl (C=O) groups is 1. The lowest BCUT2D eigenvalue weighted by Crippen LogP contribution is -2.14. The van der Waals surface area contributed by atoms with Crippen LogP contribution in [0.4, 0.5) is 5.69 Å². The van der Waals surface area contributed by atoms with E-state index in [-0.39, 0.29) is 11.3 Å². The Morgan fingerprint density at radius 3 is 2.54 bits per heavy atom. The van der Waals surface area contributed by atoms with Crippen molar-refractivity contribution in [2.75, 3.05) is 19.0 Å². The minimum absolute atomic E-state index is 0.0694. The summed E-state index contributed by atoms with van der Waals surface area (Å²) in [5.41, 5.74) is 5.79. The minimum atomic E-state index is -0.624. The van der Waals surface area contributed by atoms with E-state index >= 15 is 0 Å². The van der Waals surface area contributed by atoms with Crippen LogP contribution in [-0.4, -0.2) is 25.1 Å². The van der Waals surface area contributed by atoms with Crippen LogP contribution in [-0.2, 0) is 0 Å². The van der Waals surface area contributed by atoms with E-state index < -0.39 is 5.91 Å². The number of hydrogen-bond acceptors (Lipinski definition) is 3. The molecule has 0 aliphatic carbocycles. The summed E-state index contributed by atoms with van der Waals surface area (Å²) in [6.45, 7) is 0. The second-order valence-corrected chi connectivity index (χ2v) is 2.93. The highest BCUT2D eigenvalue weighted by molar-refractivity contribution is 5.97. The van der Waals surface area contributed by atoms with Crippen LogP contribution < -0.4 is 10.6 Å². The molecule has 1 aromatic rings. The van der Waals surface area contributed by atoms with Gasteiger partial charge in [0.2, 0.25) is 0 Å². The number of para-hydroxylation sites is 1. The van der Waals surface area contributed by atoms with Crippen LogP contribution >= 0.6 is 0 Å². The van der Waals surface area contributed by atoms with Gasteiger partial charge in [-0.3, -0.25) is 4.79 Å². The number of phenols is 1. The zero-order chi connectivity index (χ0) is 10.0. The molecule has 0 bridgehead atoms. The third-order valence-electron chi connectivity index (χ3n) is 1.76. The Hall–Kier alpha value is -1.71. The van der Waals surface area contributed by atoms with Crippen molar-refractivity contribution in [2.24, 2.45) is 5.73 Å². The number of hydrogen-bond donors (Lipinski definition) is 2. The SMILES string of the molecule is CN(C)c1cccc(C(N)=O)c1O. The molecule has 70 valence electrons. The lowest BCUT2D eigenvalue weighted by Gasteiger charge is -2.15. The fourth-order valence-corrected chi connectivity index (χ4v) is 1.09. The van der Waals surface area contributed by atoms with Gasteiger partial charge in [0.25, 0.3) is 5.91 Å². The first-order valence-electron chi connectivity index (χ1n) is 3.83. The molecule has 0 aliphatic heterocycles. The first-order valence-corrected chi connectivity index (χ1v) is 3.83. The van der Waals surface area contributed by atoms with Gasteiger partial charge >= 0.3 is 0 Å². The van der Waals surface area contributed by atoms with E-state index in [2.05, 4.69) is 0 Å². The Morgan fingerprint density at radius 2 is 2.08 bits per heavy atom. The summed E-state index contributed by atoms with van der Waals surface area (Å²) < 4.78 is 0. The number of rotatable bonds is 2. The second kappa shape index (κ2) is 3.35. The number of nitrogens with two attached hydrogens (primary N) is 1. The fraction of sp³-hybridized carbons (Fsp3) is 0.222. The number of carbonyl (C=O) groups excluding carboxylic acids is 1. The molecule has 1 amide bonds. The van der Waals surface area contributed by atoms with Crippen molar-refractivity contribution in [3.05, 3.63) is 23.8 Å². The van der Waals surface area contributed by atoms with Crippen molar-refractivity contribution in [1.82, 2.24) is 0 Å². The average Bonchev–Trinajstić information content (AvgIpc) is 2.03. The summed E-state index contributed by atoms with van der Waals surface area (Å²) >= 11 is 0. The summed E-state index contributed by atoms with van der Waals surface area (Å²) in [4.78, 5) is 12.6. The molecule has 13 heavy (non-hydrogen) atoms. The topological polar surface area (TPSA) is 66.6 Å². The highest BCUT2D eigenvalue weighted by Crippen LogP contribution is 2.28. The Kier molecular flexibility index (Phi) is 2.41. The van der Waals surface area contributed by atoms with Gasteiger partial charge in [-0.1, -0.05) is 6.07 Å². The van der Waals surface area contributed by atoms with Gasteiger partial charge in [-0.25, -0.2) is 0 Å². The predicted molar refractivity (Wildman–Crippen MR) is 51.0 cm³/mol. The molecule has 4 nitrogen and oxygen atoms in total. The van der Waals surface area contributed by atoms with E-state index in [9.17, 15) is 9.90 Å². The number of aromatic hydroxyl groups is 1. The normalized spacial score (nSPS) is 9.69. The van der Waals surface area contributed by atoms with Crippen LogP contribution in [0.25, 0.3) is 0 Å². The number of benzene rings is 1. The zero-order valence-electron chi connectivity index (χ0n) is 7.61. The van der Waals surface area contributed by atoms with E-state index in [4.69, 9.17) is 5.73 Å². The summed E-state index contributed by atoms with van der Waals surface area (Å²) in [6, 6.07) is 4.88. The Balaban J connectivity index is 3.26. The third-order valence-corrected chi connectivity index (χ3v) is 1.76. The van der Waals surface area contributed by atoms with Gasteiger partial charge in [0, 0.05) is 14.1 Å². The van der Waals surface area contributed by atoms with Crippen molar-refractivity contribution in [3.8, 4) is 5.75 Å². The first kappa shape index (κ1) is 9.38. The standard InChI is InChI=1S/C9H12N2O2/c1-11(2)7-5-3-4-6(8(7)12)9(10)13/h3-5,12H,1-2H3,(H2,10,13).